The van der Waals surface area contributed by atoms with Gasteiger partial charge in [0.1, 0.15) is 11.0 Å². The number of pyridine rings is 1. The maximum absolute atomic E-state index is 13.1. The molecule has 0 unspecified atom stereocenters. The summed E-state index contributed by atoms with van der Waals surface area (Å²) in [4.78, 5) is 3.95. The lowest BCUT2D eigenvalue weighted by molar-refractivity contribution is 0.628. The van der Waals surface area contributed by atoms with Gasteiger partial charge in [0.05, 0.1) is 25.8 Å². The molecule has 0 aliphatic carbocycles. The highest BCUT2D eigenvalue weighted by molar-refractivity contribution is 6.43. The number of hydrogen-bond acceptors (Lipinski definition) is 2. The Kier molecular flexibility index (Phi) is 4.64. The Morgan fingerprint density at radius 2 is 1.42 bits per heavy atom. The second kappa shape index (κ2) is 5.90. The van der Waals surface area contributed by atoms with E-state index < -0.39 is 5.82 Å². The summed E-state index contributed by atoms with van der Waals surface area (Å²) in [6.45, 7) is 0. The summed E-state index contributed by atoms with van der Waals surface area (Å²) >= 11 is 29.3. The Hall–Kier alpha value is -0.450. The highest BCUT2D eigenvalue weighted by Crippen LogP contribution is 2.36. The zero-order valence-electron chi connectivity index (χ0n) is 8.95. The molecule has 8 heteroatoms. The summed E-state index contributed by atoms with van der Waals surface area (Å²) < 4.78 is 13.1. The predicted molar refractivity (Wildman–Crippen MR) is 79.0 cm³/mol. The maximum atomic E-state index is 13.1. The van der Waals surface area contributed by atoms with Gasteiger partial charge in [-0.1, -0.05) is 58.0 Å². The molecule has 0 aliphatic rings. The molecule has 0 saturated carbocycles. The van der Waals surface area contributed by atoms with E-state index in [1.165, 1.54) is 6.07 Å². The van der Waals surface area contributed by atoms with Crippen LogP contribution in [0.4, 0.5) is 15.9 Å². The lowest BCUT2D eigenvalue weighted by Crippen LogP contribution is -1.97. The van der Waals surface area contributed by atoms with Crippen molar-refractivity contribution in [3.63, 3.8) is 0 Å². The van der Waals surface area contributed by atoms with E-state index in [2.05, 4.69) is 10.3 Å². The van der Waals surface area contributed by atoms with Gasteiger partial charge in [-0.3, -0.25) is 0 Å². The Labute approximate surface area is 133 Å². The van der Waals surface area contributed by atoms with Crippen molar-refractivity contribution < 1.29 is 4.39 Å². The highest BCUT2D eigenvalue weighted by atomic mass is 35.5. The number of aromatic nitrogens is 1. The largest absolute Gasteiger partial charge is 0.336 e. The molecule has 2 nitrogen and oxygen atoms in total. The number of nitrogens with one attached hydrogen (secondary N) is 1. The summed E-state index contributed by atoms with van der Waals surface area (Å²) in [5, 5.41) is 3.49. The van der Waals surface area contributed by atoms with Gasteiger partial charge < -0.3 is 5.32 Å². The number of anilines is 2. The van der Waals surface area contributed by atoms with E-state index in [0.717, 1.165) is 12.1 Å². The van der Waals surface area contributed by atoms with Crippen LogP contribution in [0.5, 0.6) is 0 Å². The maximum Gasteiger partial charge on any atom is 0.151 e. The monoisotopic (exact) mass is 358 g/mol. The van der Waals surface area contributed by atoms with Gasteiger partial charge in [0.25, 0.3) is 0 Å². The van der Waals surface area contributed by atoms with Crippen molar-refractivity contribution >= 4 is 69.5 Å². The van der Waals surface area contributed by atoms with E-state index in [1.54, 1.807) is 0 Å². The van der Waals surface area contributed by atoms with Crippen molar-refractivity contribution in [1.82, 2.24) is 4.98 Å². The third-order valence-electron chi connectivity index (χ3n) is 2.14. The van der Waals surface area contributed by atoms with Gasteiger partial charge in [-0.25, -0.2) is 9.37 Å². The second-order valence-corrected chi connectivity index (χ2v) is 5.45. The van der Waals surface area contributed by atoms with Gasteiger partial charge in [-0.2, -0.15) is 0 Å². The number of rotatable bonds is 2. The molecular weight excluding hydrogens is 356 g/mol. The predicted octanol–water partition coefficient (Wildman–Crippen LogP) is 6.23. The first-order valence-corrected chi connectivity index (χ1v) is 6.70. The summed E-state index contributed by atoms with van der Waals surface area (Å²) in [5.74, 6) is -0.333. The molecule has 19 heavy (non-hydrogen) atoms. The van der Waals surface area contributed by atoms with E-state index in [4.69, 9.17) is 58.0 Å². The molecule has 2 rings (SSSR count). The molecule has 0 aliphatic heterocycles. The van der Waals surface area contributed by atoms with Crippen LogP contribution in [0.25, 0.3) is 0 Å². The topological polar surface area (TPSA) is 24.9 Å². The van der Waals surface area contributed by atoms with Crippen LogP contribution in [0.15, 0.2) is 18.2 Å². The van der Waals surface area contributed by atoms with Crippen LogP contribution in [0, 0.1) is 5.82 Å². The highest BCUT2D eigenvalue weighted by Gasteiger charge is 2.13. The summed E-state index contributed by atoms with van der Waals surface area (Å²) in [5.41, 5.74) is 0.275. The first-order valence-electron chi connectivity index (χ1n) is 4.81. The molecular formula is C11H4Cl5FN2. The number of nitrogens with zero attached hydrogens (tertiary/aromatic N) is 1. The van der Waals surface area contributed by atoms with Crippen molar-refractivity contribution in [2.24, 2.45) is 0 Å². The molecule has 0 atom stereocenters. The van der Waals surface area contributed by atoms with Crippen molar-refractivity contribution in [3.05, 3.63) is 49.3 Å². The normalized spacial score (nSPS) is 10.6. The molecule has 1 aromatic carbocycles. The standard InChI is InChI=1S/C11H4Cl5FN2/c12-5-1-4(17)2-6(13)9(5)18-11-8(15)3-7(14)10(16)19-11/h1-3H,(H,18,19). The minimum atomic E-state index is -0.547. The Morgan fingerprint density at radius 1 is 0.842 bits per heavy atom. The van der Waals surface area contributed by atoms with Gasteiger partial charge in [0.2, 0.25) is 0 Å². The van der Waals surface area contributed by atoms with Gasteiger partial charge in [0, 0.05) is 0 Å². The number of halogens is 6. The average Bonchev–Trinajstić information content (AvgIpc) is 2.29. The van der Waals surface area contributed by atoms with E-state index in [-0.39, 0.29) is 36.7 Å². The fourth-order valence-electron chi connectivity index (χ4n) is 1.31. The van der Waals surface area contributed by atoms with Crippen molar-refractivity contribution in [2.75, 3.05) is 5.32 Å². The summed E-state index contributed by atoms with van der Waals surface area (Å²) in [6.07, 6.45) is 0. The molecule has 100 valence electrons. The quantitative estimate of drug-likeness (QED) is 0.642. The Morgan fingerprint density at radius 3 is 2.00 bits per heavy atom. The molecule has 2 aromatic rings. The summed E-state index contributed by atoms with van der Waals surface area (Å²) in [6, 6.07) is 3.65. The molecule has 1 heterocycles. The van der Waals surface area contributed by atoms with Crippen molar-refractivity contribution in [1.29, 1.82) is 0 Å². The minimum absolute atomic E-state index is 0.0722. The van der Waals surface area contributed by atoms with E-state index in [9.17, 15) is 4.39 Å². The van der Waals surface area contributed by atoms with Crippen LogP contribution in [-0.2, 0) is 0 Å². The lowest BCUT2D eigenvalue weighted by Gasteiger charge is -2.11. The number of hydrogen-bond donors (Lipinski definition) is 1. The van der Waals surface area contributed by atoms with Crippen molar-refractivity contribution in [2.45, 2.75) is 0 Å². The minimum Gasteiger partial charge on any atom is -0.336 e. The van der Waals surface area contributed by atoms with E-state index in [1.807, 2.05) is 0 Å². The third kappa shape index (κ3) is 3.36. The molecule has 0 bridgehead atoms. The van der Waals surface area contributed by atoms with Crippen molar-refractivity contribution in [3.8, 4) is 0 Å². The Bertz CT molecular complexity index is 624. The third-order valence-corrected chi connectivity index (χ3v) is 3.69. The second-order valence-electron chi connectivity index (χ2n) is 3.46. The smallest absolute Gasteiger partial charge is 0.151 e. The Balaban J connectivity index is 2.45. The fraction of sp³-hybridized carbons (Fsp3) is 0. The summed E-state index contributed by atoms with van der Waals surface area (Å²) in [7, 11) is 0. The first kappa shape index (κ1) is 14.9. The van der Waals surface area contributed by atoms with Gasteiger partial charge in [0.15, 0.2) is 5.82 Å². The van der Waals surface area contributed by atoms with Crippen LogP contribution in [-0.4, -0.2) is 4.98 Å². The lowest BCUT2D eigenvalue weighted by atomic mass is 10.3. The zero-order chi connectivity index (χ0) is 14.2. The van der Waals surface area contributed by atoms with Crippen LogP contribution in [0.1, 0.15) is 0 Å². The zero-order valence-corrected chi connectivity index (χ0v) is 12.7. The van der Waals surface area contributed by atoms with E-state index in [0.29, 0.717) is 0 Å². The molecule has 0 radical (unpaired) electrons. The van der Waals surface area contributed by atoms with Crippen LogP contribution < -0.4 is 5.32 Å². The van der Waals surface area contributed by atoms with E-state index >= 15 is 0 Å². The first-order chi connectivity index (χ1) is 8.88. The number of benzene rings is 1. The molecule has 0 amide bonds. The molecule has 1 N–H and O–H groups in total. The van der Waals surface area contributed by atoms with Crippen LogP contribution in [0.3, 0.4) is 0 Å². The molecule has 0 fully saturated rings. The molecule has 0 spiro atoms. The van der Waals surface area contributed by atoms with Gasteiger partial charge >= 0.3 is 0 Å². The molecule has 0 saturated heterocycles. The van der Waals surface area contributed by atoms with Crippen LogP contribution >= 0.6 is 58.0 Å². The SMILES string of the molecule is Fc1cc(Cl)c(Nc2nc(Cl)c(Cl)cc2Cl)c(Cl)c1. The van der Waals surface area contributed by atoms with Crippen LogP contribution in [0.2, 0.25) is 25.2 Å². The van der Waals surface area contributed by atoms with Gasteiger partial charge in [-0.15, -0.1) is 0 Å². The fourth-order valence-corrected chi connectivity index (χ4v) is 2.41. The average molecular weight is 360 g/mol. The van der Waals surface area contributed by atoms with Gasteiger partial charge in [-0.05, 0) is 18.2 Å². The molecule has 1 aromatic heterocycles.